The van der Waals surface area contributed by atoms with Crippen molar-refractivity contribution in [3.8, 4) is 22.6 Å². The predicted octanol–water partition coefficient (Wildman–Crippen LogP) is 4.30. The Morgan fingerprint density at radius 3 is 2.70 bits per heavy atom. The van der Waals surface area contributed by atoms with Gasteiger partial charge < -0.3 is 25.0 Å². The van der Waals surface area contributed by atoms with Crippen LogP contribution in [0.3, 0.4) is 0 Å². The zero-order valence-electron chi connectivity index (χ0n) is 18.9. The standard InChI is InChI=1S/C24H27N7O2/c1-31(2)11-12-33-19-8-6-7-18(13-19)28-24-25-16-20(17-14-26-27-15-17)23(30-24)29-21-9-4-5-10-22(21)32-3/h4-10,13-16H,11-12H2,1-3H3,(H,26,27)(H2,25,28,29,30). The van der Waals surface area contributed by atoms with Crippen molar-refractivity contribution in [3.63, 3.8) is 0 Å². The van der Waals surface area contributed by atoms with E-state index in [1.807, 2.05) is 62.6 Å². The van der Waals surface area contributed by atoms with Crippen LogP contribution in [0.2, 0.25) is 0 Å². The van der Waals surface area contributed by atoms with Crippen molar-refractivity contribution in [2.24, 2.45) is 0 Å². The number of para-hydroxylation sites is 2. The summed E-state index contributed by atoms with van der Waals surface area (Å²) < 4.78 is 11.3. The molecule has 4 rings (SSSR count). The summed E-state index contributed by atoms with van der Waals surface area (Å²) >= 11 is 0. The van der Waals surface area contributed by atoms with E-state index < -0.39 is 0 Å². The molecule has 33 heavy (non-hydrogen) atoms. The predicted molar refractivity (Wildman–Crippen MR) is 130 cm³/mol. The van der Waals surface area contributed by atoms with E-state index in [2.05, 4.69) is 30.7 Å². The first-order valence-electron chi connectivity index (χ1n) is 10.5. The van der Waals surface area contributed by atoms with Gasteiger partial charge in [0.15, 0.2) is 0 Å². The van der Waals surface area contributed by atoms with E-state index in [0.717, 1.165) is 34.8 Å². The number of aromatic nitrogens is 4. The third kappa shape index (κ3) is 5.78. The Morgan fingerprint density at radius 2 is 1.91 bits per heavy atom. The fourth-order valence-electron chi connectivity index (χ4n) is 3.16. The molecule has 0 aliphatic rings. The van der Waals surface area contributed by atoms with Crippen molar-refractivity contribution in [1.29, 1.82) is 0 Å². The molecule has 0 saturated carbocycles. The van der Waals surface area contributed by atoms with Gasteiger partial charge in [0.05, 0.1) is 19.0 Å². The van der Waals surface area contributed by atoms with Gasteiger partial charge in [0.2, 0.25) is 5.95 Å². The molecule has 0 saturated heterocycles. The van der Waals surface area contributed by atoms with Crippen LogP contribution in [-0.4, -0.2) is 59.4 Å². The third-order valence-corrected chi connectivity index (χ3v) is 4.86. The van der Waals surface area contributed by atoms with Crippen LogP contribution in [0.1, 0.15) is 0 Å². The van der Waals surface area contributed by atoms with Gasteiger partial charge in [-0.25, -0.2) is 4.98 Å². The van der Waals surface area contributed by atoms with Crippen molar-refractivity contribution in [2.45, 2.75) is 0 Å². The average molecular weight is 446 g/mol. The van der Waals surface area contributed by atoms with E-state index >= 15 is 0 Å². The number of ether oxygens (including phenoxy) is 2. The number of hydrogen-bond acceptors (Lipinski definition) is 8. The van der Waals surface area contributed by atoms with E-state index in [9.17, 15) is 0 Å². The number of H-pyrrole nitrogens is 1. The van der Waals surface area contributed by atoms with Crippen LogP contribution in [0.25, 0.3) is 11.1 Å². The molecule has 0 aliphatic heterocycles. The normalized spacial score (nSPS) is 10.8. The number of likely N-dealkylation sites (N-methyl/N-ethyl adjacent to an activating group) is 1. The van der Waals surface area contributed by atoms with E-state index in [1.165, 1.54) is 0 Å². The number of rotatable bonds is 10. The summed E-state index contributed by atoms with van der Waals surface area (Å²) in [4.78, 5) is 11.3. The van der Waals surface area contributed by atoms with Crippen molar-refractivity contribution in [1.82, 2.24) is 25.1 Å². The second kappa shape index (κ2) is 10.5. The molecule has 0 fully saturated rings. The summed E-state index contributed by atoms with van der Waals surface area (Å²) in [6.45, 7) is 1.45. The van der Waals surface area contributed by atoms with E-state index in [4.69, 9.17) is 14.5 Å². The molecular formula is C24H27N7O2. The third-order valence-electron chi connectivity index (χ3n) is 4.86. The van der Waals surface area contributed by atoms with Crippen LogP contribution in [-0.2, 0) is 0 Å². The van der Waals surface area contributed by atoms with Gasteiger partial charge in [0.1, 0.15) is 23.9 Å². The van der Waals surface area contributed by atoms with Crippen molar-refractivity contribution in [2.75, 3.05) is 45.0 Å². The minimum absolute atomic E-state index is 0.449. The van der Waals surface area contributed by atoms with E-state index in [1.54, 1.807) is 25.7 Å². The summed E-state index contributed by atoms with van der Waals surface area (Å²) in [6.07, 6.45) is 5.29. The summed E-state index contributed by atoms with van der Waals surface area (Å²) in [7, 11) is 5.67. The highest BCUT2D eigenvalue weighted by Gasteiger charge is 2.13. The second-order valence-electron chi connectivity index (χ2n) is 7.57. The number of nitrogens with zero attached hydrogens (tertiary/aromatic N) is 4. The number of methoxy groups -OCH3 is 1. The lowest BCUT2D eigenvalue weighted by molar-refractivity contribution is 0.261. The Hall–Kier alpha value is -4.11. The number of nitrogens with one attached hydrogen (secondary N) is 3. The van der Waals surface area contributed by atoms with Gasteiger partial charge >= 0.3 is 0 Å². The van der Waals surface area contributed by atoms with Crippen LogP contribution >= 0.6 is 0 Å². The smallest absolute Gasteiger partial charge is 0.229 e. The topological polar surface area (TPSA) is 100 Å². The van der Waals surface area contributed by atoms with Gasteiger partial charge in [0.25, 0.3) is 0 Å². The van der Waals surface area contributed by atoms with Crippen LogP contribution < -0.4 is 20.1 Å². The molecule has 0 unspecified atom stereocenters. The van der Waals surface area contributed by atoms with Crippen molar-refractivity contribution in [3.05, 3.63) is 67.1 Å². The number of anilines is 4. The lowest BCUT2D eigenvalue weighted by Gasteiger charge is -2.15. The quantitative estimate of drug-likeness (QED) is 0.332. The molecule has 0 bridgehead atoms. The Labute approximate surface area is 192 Å². The van der Waals surface area contributed by atoms with Gasteiger partial charge in [-0.15, -0.1) is 0 Å². The molecule has 4 aromatic rings. The molecule has 170 valence electrons. The van der Waals surface area contributed by atoms with Crippen LogP contribution in [0.15, 0.2) is 67.1 Å². The monoisotopic (exact) mass is 445 g/mol. The Morgan fingerprint density at radius 1 is 1.03 bits per heavy atom. The van der Waals surface area contributed by atoms with Crippen LogP contribution in [0.5, 0.6) is 11.5 Å². The van der Waals surface area contributed by atoms with E-state index in [0.29, 0.717) is 24.1 Å². The maximum atomic E-state index is 5.83. The zero-order chi connectivity index (χ0) is 23.0. The van der Waals surface area contributed by atoms with Gasteiger partial charge in [-0.05, 0) is 38.4 Å². The fourth-order valence-corrected chi connectivity index (χ4v) is 3.16. The van der Waals surface area contributed by atoms with Crippen molar-refractivity contribution >= 4 is 23.1 Å². The molecule has 2 aromatic carbocycles. The van der Waals surface area contributed by atoms with Gasteiger partial charge in [-0.2, -0.15) is 10.1 Å². The Balaban J connectivity index is 1.59. The molecule has 0 amide bonds. The molecule has 0 spiro atoms. The molecule has 0 aliphatic carbocycles. The van der Waals surface area contributed by atoms with E-state index in [-0.39, 0.29) is 0 Å². The second-order valence-corrected chi connectivity index (χ2v) is 7.57. The van der Waals surface area contributed by atoms with Crippen molar-refractivity contribution < 1.29 is 9.47 Å². The number of benzene rings is 2. The Kier molecular flexibility index (Phi) is 7.01. The average Bonchev–Trinajstić information content (AvgIpc) is 3.34. The molecule has 2 aromatic heterocycles. The number of aromatic amines is 1. The first-order chi connectivity index (χ1) is 16.1. The maximum Gasteiger partial charge on any atom is 0.229 e. The summed E-state index contributed by atoms with van der Waals surface area (Å²) in [5.74, 6) is 2.57. The largest absolute Gasteiger partial charge is 0.495 e. The lowest BCUT2D eigenvalue weighted by Crippen LogP contribution is -2.19. The van der Waals surface area contributed by atoms with Gasteiger partial charge in [0, 0.05) is 41.8 Å². The van der Waals surface area contributed by atoms with Gasteiger partial charge in [-0.1, -0.05) is 18.2 Å². The summed E-state index contributed by atoms with van der Waals surface area (Å²) in [5, 5.41) is 13.5. The highest BCUT2D eigenvalue weighted by atomic mass is 16.5. The number of hydrogen-bond donors (Lipinski definition) is 3. The first-order valence-corrected chi connectivity index (χ1v) is 10.5. The highest BCUT2D eigenvalue weighted by Crippen LogP contribution is 2.32. The molecule has 2 heterocycles. The molecule has 9 nitrogen and oxygen atoms in total. The molecule has 3 N–H and O–H groups in total. The molecule has 9 heteroatoms. The highest BCUT2D eigenvalue weighted by molar-refractivity contribution is 5.79. The lowest BCUT2D eigenvalue weighted by atomic mass is 10.1. The summed E-state index contributed by atoms with van der Waals surface area (Å²) in [6, 6.07) is 15.4. The Bertz CT molecular complexity index is 1180. The minimum atomic E-state index is 0.449. The minimum Gasteiger partial charge on any atom is -0.495 e. The fraction of sp³-hybridized carbons (Fsp3) is 0.208. The summed E-state index contributed by atoms with van der Waals surface area (Å²) in [5.41, 5.74) is 3.30. The van der Waals surface area contributed by atoms with Crippen LogP contribution in [0.4, 0.5) is 23.1 Å². The van der Waals surface area contributed by atoms with Crippen LogP contribution in [0, 0.1) is 0 Å². The maximum absolute atomic E-state index is 5.83. The molecule has 0 radical (unpaired) electrons. The first kappa shape index (κ1) is 22.1. The van der Waals surface area contributed by atoms with Gasteiger partial charge in [-0.3, -0.25) is 5.10 Å². The zero-order valence-corrected chi connectivity index (χ0v) is 18.9. The SMILES string of the molecule is COc1ccccc1Nc1nc(Nc2cccc(OCCN(C)C)c2)ncc1-c1cn[nH]c1. The molecular weight excluding hydrogens is 418 g/mol. The molecule has 0 atom stereocenters.